The molecule has 1 aromatic carbocycles. The Labute approximate surface area is 217 Å². The number of likely N-dealkylation sites (tertiary alicyclic amines) is 1. The van der Waals surface area contributed by atoms with Crippen molar-refractivity contribution in [1.29, 1.82) is 0 Å². The molecule has 0 unspecified atom stereocenters. The first-order valence-corrected chi connectivity index (χ1v) is 12.2. The summed E-state index contributed by atoms with van der Waals surface area (Å²) in [5.41, 5.74) is 0.639. The van der Waals surface area contributed by atoms with E-state index in [0.29, 0.717) is 23.5 Å². The van der Waals surface area contributed by atoms with Gasteiger partial charge in [0.25, 0.3) is 11.8 Å². The smallest absolute Gasteiger partial charge is 0.348 e. The van der Waals surface area contributed by atoms with Gasteiger partial charge in [-0.3, -0.25) is 14.5 Å². The zero-order valence-electron chi connectivity index (χ0n) is 19.9. The molecule has 3 N–H and O–H groups in total. The lowest BCUT2D eigenvalue weighted by atomic mass is 10.0. The highest BCUT2D eigenvalue weighted by atomic mass is 32.1. The summed E-state index contributed by atoms with van der Waals surface area (Å²) in [5.74, 6) is -3.03. The first kappa shape index (κ1) is 27.3. The summed E-state index contributed by atoms with van der Waals surface area (Å²) in [6.07, 6.45) is -0.978. The van der Waals surface area contributed by atoms with Crippen LogP contribution in [0.2, 0.25) is 0 Å². The average Bonchev–Trinajstić information content (AvgIpc) is 3.22. The molecule has 0 bridgehead atoms. The van der Waals surface area contributed by atoms with E-state index in [1.165, 1.54) is 23.4 Å². The molecule has 0 spiro atoms. The minimum Gasteiger partial charge on any atom is -0.348 e. The van der Waals surface area contributed by atoms with Crippen molar-refractivity contribution in [2.75, 3.05) is 30.3 Å². The maximum absolute atomic E-state index is 13.5. The second kappa shape index (κ2) is 11.3. The van der Waals surface area contributed by atoms with Crippen LogP contribution in [-0.2, 0) is 0 Å². The number of piperidine rings is 1. The molecular weight excluding hydrogens is 533 g/mol. The minimum absolute atomic E-state index is 0.0186. The van der Waals surface area contributed by atoms with Gasteiger partial charge in [-0.25, -0.2) is 18.7 Å². The van der Waals surface area contributed by atoms with E-state index in [2.05, 4.69) is 30.3 Å². The summed E-state index contributed by atoms with van der Waals surface area (Å²) in [6, 6.07) is 2.70. The largest absolute Gasteiger partial charge is 0.401 e. The normalized spacial score (nSPS) is 14.8. The summed E-state index contributed by atoms with van der Waals surface area (Å²) >= 11 is 0.975. The van der Waals surface area contributed by atoms with Crippen LogP contribution in [0.25, 0.3) is 0 Å². The number of nitrogens with one attached hydrogen (secondary N) is 3. The Kier molecular flexibility index (Phi) is 8.16. The number of carbonyl (C=O) groups is 2. The van der Waals surface area contributed by atoms with Crippen LogP contribution in [0.5, 0.6) is 0 Å². The lowest BCUT2D eigenvalue weighted by Crippen LogP contribution is -2.47. The number of rotatable bonds is 7. The van der Waals surface area contributed by atoms with Crippen LogP contribution in [0, 0.1) is 18.6 Å². The van der Waals surface area contributed by atoms with Gasteiger partial charge in [0, 0.05) is 30.9 Å². The van der Waals surface area contributed by atoms with Crippen molar-refractivity contribution >= 4 is 39.9 Å². The van der Waals surface area contributed by atoms with E-state index >= 15 is 0 Å². The van der Waals surface area contributed by atoms with Gasteiger partial charge in [-0.1, -0.05) is 0 Å². The first-order valence-electron chi connectivity index (χ1n) is 11.4. The Morgan fingerprint density at radius 1 is 1.08 bits per heavy atom. The Balaban J connectivity index is 1.35. The van der Waals surface area contributed by atoms with Gasteiger partial charge in [-0.05, 0) is 43.4 Å². The number of anilines is 3. The standard InChI is InChI=1S/C23H22F5N7O2S/c1-12-19(21(37)32-14-2-3-15(24)16(25)8-14)22(38-34-12)33-18-10-29-17(9-30-18)20(36)31-13-4-6-35(7-5-13)11-23(26,27)28/h2-3,8-10,13H,4-7,11H2,1H3,(H,30,33)(H,31,36)(H,32,37). The number of amides is 2. The fourth-order valence-corrected chi connectivity index (χ4v) is 4.67. The molecule has 1 fully saturated rings. The van der Waals surface area contributed by atoms with Gasteiger partial charge in [0.2, 0.25) is 0 Å². The van der Waals surface area contributed by atoms with E-state index in [4.69, 9.17) is 0 Å². The van der Waals surface area contributed by atoms with Crippen LogP contribution in [0.15, 0.2) is 30.6 Å². The SMILES string of the molecule is Cc1nsc(Nc2cnc(C(=O)NC3CCN(CC(F)(F)F)CC3)cn2)c1C(=O)Nc1ccc(F)c(F)c1. The number of nitrogens with zero attached hydrogens (tertiary/aromatic N) is 4. The Bertz CT molecular complexity index is 1310. The van der Waals surface area contributed by atoms with Crippen molar-refractivity contribution < 1.29 is 31.5 Å². The summed E-state index contributed by atoms with van der Waals surface area (Å²) in [4.78, 5) is 34.8. The second-order valence-electron chi connectivity index (χ2n) is 8.61. The van der Waals surface area contributed by atoms with Crippen molar-refractivity contribution in [3.8, 4) is 0 Å². The molecule has 2 aromatic heterocycles. The number of carbonyl (C=O) groups excluding carboxylic acids is 2. The topological polar surface area (TPSA) is 112 Å². The van der Waals surface area contributed by atoms with Gasteiger partial charge in [-0.2, -0.15) is 17.5 Å². The molecule has 15 heteroatoms. The molecule has 0 aliphatic carbocycles. The lowest BCUT2D eigenvalue weighted by molar-refractivity contribution is -0.148. The third kappa shape index (κ3) is 6.98. The number of aromatic nitrogens is 3. The molecular formula is C23H22F5N7O2S. The van der Waals surface area contributed by atoms with Crippen LogP contribution in [0.4, 0.5) is 38.5 Å². The molecule has 1 saturated heterocycles. The maximum atomic E-state index is 13.5. The van der Waals surface area contributed by atoms with E-state index in [9.17, 15) is 31.5 Å². The molecule has 0 atom stereocenters. The fraction of sp³-hybridized carbons (Fsp3) is 0.348. The second-order valence-corrected chi connectivity index (χ2v) is 9.38. The lowest BCUT2D eigenvalue weighted by Gasteiger charge is -2.32. The van der Waals surface area contributed by atoms with Gasteiger partial charge in [0.15, 0.2) is 11.6 Å². The summed E-state index contributed by atoms with van der Waals surface area (Å²) in [5, 5.41) is 8.48. The average molecular weight is 556 g/mol. The van der Waals surface area contributed by atoms with Gasteiger partial charge in [0.1, 0.15) is 16.5 Å². The highest BCUT2D eigenvalue weighted by Gasteiger charge is 2.33. The van der Waals surface area contributed by atoms with E-state index in [1.54, 1.807) is 6.92 Å². The zero-order valence-corrected chi connectivity index (χ0v) is 20.7. The van der Waals surface area contributed by atoms with Gasteiger partial charge >= 0.3 is 6.18 Å². The summed E-state index contributed by atoms with van der Waals surface area (Å²) in [6.45, 7) is 1.08. The molecule has 1 aliphatic heterocycles. The van der Waals surface area contributed by atoms with Gasteiger partial charge in [-0.15, -0.1) is 0 Å². The quantitative estimate of drug-likeness (QED) is 0.374. The number of alkyl halides is 3. The minimum atomic E-state index is -4.26. The van der Waals surface area contributed by atoms with Crippen LogP contribution in [0.1, 0.15) is 39.4 Å². The van der Waals surface area contributed by atoms with Crippen molar-refractivity contribution in [2.45, 2.75) is 32.0 Å². The van der Waals surface area contributed by atoms with E-state index < -0.39 is 36.2 Å². The molecule has 3 aromatic rings. The number of benzene rings is 1. The van der Waals surface area contributed by atoms with Crippen molar-refractivity contribution in [2.24, 2.45) is 0 Å². The molecule has 4 rings (SSSR count). The fourth-order valence-electron chi connectivity index (χ4n) is 3.86. The van der Waals surface area contributed by atoms with Gasteiger partial charge < -0.3 is 16.0 Å². The maximum Gasteiger partial charge on any atom is 0.401 e. The van der Waals surface area contributed by atoms with Crippen molar-refractivity contribution in [3.63, 3.8) is 0 Å². The molecule has 1 aliphatic rings. The third-order valence-electron chi connectivity index (χ3n) is 5.72. The van der Waals surface area contributed by atoms with E-state index in [0.717, 1.165) is 23.7 Å². The molecule has 0 radical (unpaired) electrons. The van der Waals surface area contributed by atoms with Crippen LogP contribution in [-0.4, -0.2) is 62.9 Å². The van der Waals surface area contributed by atoms with Crippen LogP contribution >= 0.6 is 11.5 Å². The number of hydrogen-bond donors (Lipinski definition) is 3. The number of halogens is 5. The zero-order chi connectivity index (χ0) is 27.4. The highest BCUT2D eigenvalue weighted by molar-refractivity contribution is 7.10. The van der Waals surface area contributed by atoms with E-state index in [1.807, 2.05) is 0 Å². The predicted octanol–water partition coefficient (Wildman–Crippen LogP) is 4.27. The molecule has 2 amide bonds. The number of hydrogen-bond acceptors (Lipinski definition) is 8. The van der Waals surface area contributed by atoms with Crippen LogP contribution in [0.3, 0.4) is 0 Å². The van der Waals surface area contributed by atoms with Gasteiger partial charge in [0.05, 0.1) is 30.2 Å². The summed E-state index contributed by atoms with van der Waals surface area (Å²) < 4.78 is 68.4. The Hall–Kier alpha value is -3.72. The first-order chi connectivity index (χ1) is 18.0. The molecule has 38 heavy (non-hydrogen) atoms. The molecule has 3 heterocycles. The summed E-state index contributed by atoms with van der Waals surface area (Å²) in [7, 11) is 0. The molecule has 9 nitrogen and oxygen atoms in total. The Morgan fingerprint density at radius 2 is 1.82 bits per heavy atom. The highest BCUT2D eigenvalue weighted by Crippen LogP contribution is 2.28. The number of aryl methyl sites for hydroxylation is 1. The third-order valence-corrected chi connectivity index (χ3v) is 6.57. The Morgan fingerprint density at radius 3 is 2.45 bits per heavy atom. The molecule has 0 saturated carbocycles. The molecule has 202 valence electrons. The van der Waals surface area contributed by atoms with Crippen molar-refractivity contribution in [3.05, 3.63) is 59.2 Å². The van der Waals surface area contributed by atoms with Crippen LogP contribution < -0.4 is 16.0 Å². The monoisotopic (exact) mass is 555 g/mol. The predicted molar refractivity (Wildman–Crippen MR) is 129 cm³/mol. The van der Waals surface area contributed by atoms with E-state index in [-0.39, 0.29) is 41.9 Å². The van der Waals surface area contributed by atoms with Crippen molar-refractivity contribution in [1.82, 2.24) is 24.6 Å².